The summed E-state index contributed by atoms with van der Waals surface area (Å²) >= 11 is 5.97. The van der Waals surface area contributed by atoms with Gasteiger partial charge in [0, 0.05) is 11.6 Å². The van der Waals surface area contributed by atoms with Crippen LogP contribution in [0, 0.1) is 6.92 Å². The van der Waals surface area contributed by atoms with Gasteiger partial charge in [0.15, 0.2) is 0 Å². The number of nitrogens with zero attached hydrogens (tertiary/aromatic N) is 1. The molecule has 25 heavy (non-hydrogen) atoms. The van der Waals surface area contributed by atoms with Crippen LogP contribution in [0.2, 0.25) is 5.02 Å². The molecule has 0 fully saturated rings. The highest BCUT2D eigenvalue weighted by molar-refractivity contribution is 7.92. The summed E-state index contributed by atoms with van der Waals surface area (Å²) in [6.45, 7) is 5.20. The lowest BCUT2D eigenvalue weighted by molar-refractivity contribution is -0.119. The van der Waals surface area contributed by atoms with Gasteiger partial charge in [-0.1, -0.05) is 35.9 Å². The van der Waals surface area contributed by atoms with E-state index in [1.807, 2.05) is 0 Å². The largest absolute Gasteiger partial charge is 0.351 e. The highest BCUT2D eigenvalue weighted by Crippen LogP contribution is 2.28. The van der Waals surface area contributed by atoms with E-state index in [1.165, 1.54) is 18.2 Å². The van der Waals surface area contributed by atoms with Gasteiger partial charge in [0.25, 0.3) is 10.0 Å². The SMILES string of the molecule is C=CCNC(=O)CN(c1ccc(Cl)cc1C)S(=O)(=O)c1ccccc1. The molecule has 0 aliphatic carbocycles. The maximum atomic E-state index is 13.1. The molecule has 1 amide bonds. The standard InChI is InChI=1S/C18H19ClN2O3S/c1-3-11-20-18(22)13-21(17-10-9-15(19)12-14(17)2)25(23,24)16-7-5-4-6-8-16/h3-10,12H,1,11,13H2,2H3,(H,20,22). The number of rotatable bonds is 7. The van der Waals surface area contributed by atoms with Crippen molar-refractivity contribution in [1.29, 1.82) is 0 Å². The van der Waals surface area contributed by atoms with Crippen LogP contribution in [0.15, 0.2) is 66.1 Å². The van der Waals surface area contributed by atoms with Crippen molar-refractivity contribution in [2.75, 3.05) is 17.4 Å². The summed E-state index contributed by atoms with van der Waals surface area (Å²) in [6, 6.07) is 12.8. The maximum Gasteiger partial charge on any atom is 0.264 e. The molecule has 0 spiro atoms. The first kappa shape index (κ1) is 19.0. The molecule has 0 aliphatic rings. The third-order valence-corrected chi connectivity index (χ3v) is 5.50. The molecule has 0 saturated carbocycles. The minimum Gasteiger partial charge on any atom is -0.351 e. The summed E-state index contributed by atoms with van der Waals surface area (Å²) in [5, 5.41) is 3.09. The van der Waals surface area contributed by atoms with Crippen LogP contribution in [0.1, 0.15) is 5.56 Å². The monoisotopic (exact) mass is 378 g/mol. The Hall–Kier alpha value is -2.31. The second-order valence-corrected chi connectivity index (χ2v) is 7.65. The number of nitrogens with one attached hydrogen (secondary N) is 1. The van der Waals surface area contributed by atoms with Gasteiger partial charge in [0.1, 0.15) is 6.54 Å². The number of amides is 1. The van der Waals surface area contributed by atoms with E-state index in [0.29, 0.717) is 16.3 Å². The quantitative estimate of drug-likeness (QED) is 0.752. The van der Waals surface area contributed by atoms with Crippen molar-refractivity contribution >= 4 is 33.2 Å². The van der Waals surface area contributed by atoms with Gasteiger partial charge in [-0.15, -0.1) is 6.58 Å². The summed E-state index contributed by atoms with van der Waals surface area (Å²) in [5.41, 5.74) is 1.06. The van der Waals surface area contributed by atoms with Crippen molar-refractivity contribution in [2.45, 2.75) is 11.8 Å². The number of benzene rings is 2. The number of halogens is 1. The molecule has 0 unspecified atom stereocenters. The molecule has 0 heterocycles. The van der Waals surface area contributed by atoms with Crippen LogP contribution in [-0.4, -0.2) is 27.4 Å². The minimum absolute atomic E-state index is 0.112. The van der Waals surface area contributed by atoms with E-state index >= 15 is 0 Å². The number of carbonyl (C=O) groups is 1. The number of anilines is 1. The lowest BCUT2D eigenvalue weighted by Crippen LogP contribution is -2.41. The predicted molar refractivity (Wildman–Crippen MR) is 100 cm³/mol. The Labute approximate surface area is 153 Å². The number of sulfonamides is 1. The zero-order valence-corrected chi connectivity index (χ0v) is 15.3. The van der Waals surface area contributed by atoms with Crippen molar-refractivity contribution in [2.24, 2.45) is 0 Å². The average molecular weight is 379 g/mol. The molecular weight excluding hydrogens is 360 g/mol. The third kappa shape index (κ3) is 4.61. The summed E-state index contributed by atoms with van der Waals surface area (Å²) < 4.78 is 27.2. The molecule has 5 nitrogen and oxygen atoms in total. The molecule has 1 N–H and O–H groups in total. The Morgan fingerprint density at radius 3 is 2.52 bits per heavy atom. The van der Waals surface area contributed by atoms with E-state index < -0.39 is 15.9 Å². The van der Waals surface area contributed by atoms with E-state index in [0.717, 1.165) is 4.31 Å². The molecule has 0 atom stereocenters. The summed E-state index contributed by atoms with van der Waals surface area (Å²) in [6.07, 6.45) is 1.53. The molecule has 0 radical (unpaired) electrons. The number of aryl methyl sites for hydroxylation is 1. The third-order valence-electron chi connectivity index (χ3n) is 3.49. The molecule has 2 rings (SSSR count). The lowest BCUT2D eigenvalue weighted by Gasteiger charge is -2.25. The highest BCUT2D eigenvalue weighted by atomic mass is 35.5. The summed E-state index contributed by atoms with van der Waals surface area (Å²) in [4.78, 5) is 12.3. The summed E-state index contributed by atoms with van der Waals surface area (Å²) in [5.74, 6) is -0.422. The molecule has 0 aromatic heterocycles. The second-order valence-electron chi connectivity index (χ2n) is 5.35. The van der Waals surface area contributed by atoms with Crippen molar-refractivity contribution in [1.82, 2.24) is 5.32 Å². The van der Waals surface area contributed by atoms with Gasteiger partial charge >= 0.3 is 0 Å². The van der Waals surface area contributed by atoms with Crippen molar-refractivity contribution in [3.05, 3.63) is 71.8 Å². The normalized spacial score (nSPS) is 11.0. The van der Waals surface area contributed by atoms with E-state index in [-0.39, 0.29) is 18.0 Å². The first-order valence-electron chi connectivity index (χ1n) is 7.58. The fraction of sp³-hybridized carbons (Fsp3) is 0.167. The number of hydrogen-bond donors (Lipinski definition) is 1. The molecule has 2 aromatic rings. The van der Waals surface area contributed by atoms with Crippen molar-refractivity contribution in [3.8, 4) is 0 Å². The van der Waals surface area contributed by atoms with Crippen LogP contribution < -0.4 is 9.62 Å². The second kappa shape index (κ2) is 8.18. The van der Waals surface area contributed by atoms with Crippen LogP contribution in [0.25, 0.3) is 0 Å². The molecule has 7 heteroatoms. The van der Waals surface area contributed by atoms with Gasteiger partial charge in [0.05, 0.1) is 10.6 Å². The van der Waals surface area contributed by atoms with Crippen molar-refractivity contribution in [3.63, 3.8) is 0 Å². The van der Waals surface area contributed by atoms with E-state index in [4.69, 9.17) is 11.6 Å². The van der Waals surface area contributed by atoms with Gasteiger partial charge in [0.2, 0.25) is 5.91 Å². The van der Waals surface area contributed by atoms with Gasteiger partial charge in [-0.2, -0.15) is 0 Å². The van der Waals surface area contributed by atoms with E-state index in [9.17, 15) is 13.2 Å². The maximum absolute atomic E-state index is 13.1. The molecular formula is C18H19ClN2O3S. The van der Waals surface area contributed by atoms with Crippen LogP contribution in [0.5, 0.6) is 0 Å². The Morgan fingerprint density at radius 2 is 1.92 bits per heavy atom. The zero-order valence-electron chi connectivity index (χ0n) is 13.8. The first-order valence-corrected chi connectivity index (χ1v) is 9.39. The first-order chi connectivity index (χ1) is 11.9. The van der Waals surface area contributed by atoms with E-state index in [2.05, 4.69) is 11.9 Å². The predicted octanol–water partition coefficient (Wildman–Crippen LogP) is 3.15. The average Bonchev–Trinajstić information content (AvgIpc) is 2.59. The summed E-state index contributed by atoms with van der Waals surface area (Å²) in [7, 11) is -3.91. The lowest BCUT2D eigenvalue weighted by atomic mass is 10.2. The topological polar surface area (TPSA) is 66.5 Å². The number of hydrogen-bond acceptors (Lipinski definition) is 3. The zero-order chi connectivity index (χ0) is 18.4. The van der Waals surface area contributed by atoms with Crippen LogP contribution in [-0.2, 0) is 14.8 Å². The van der Waals surface area contributed by atoms with Gasteiger partial charge in [-0.3, -0.25) is 9.10 Å². The Balaban J connectivity index is 2.48. The Bertz CT molecular complexity index is 867. The van der Waals surface area contributed by atoms with Gasteiger partial charge in [-0.05, 0) is 42.8 Å². The van der Waals surface area contributed by atoms with Gasteiger partial charge in [-0.25, -0.2) is 8.42 Å². The van der Waals surface area contributed by atoms with Crippen molar-refractivity contribution < 1.29 is 13.2 Å². The molecule has 0 bridgehead atoms. The Morgan fingerprint density at radius 1 is 1.24 bits per heavy atom. The van der Waals surface area contributed by atoms with Crippen LogP contribution in [0.3, 0.4) is 0 Å². The van der Waals surface area contributed by atoms with Gasteiger partial charge < -0.3 is 5.32 Å². The smallest absolute Gasteiger partial charge is 0.264 e. The molecule has 0 saturated heterocycles. The highest BCUT2D eigenvalue weighted by Gasteiger charge is 2.28. The van der Waals surface area contributed by atoms with Crippen LogP contribution >= 0.6 is 11.6 Å². The molecule has 2 aromatic carbocycles. The molecule has 0 aliphatic heterocycles. The minimum atomic E-state index is -3.91. The molecule has 132 valence electrons. The fourth-order valence-electron chi connectivity index (χ4n) is 2.29. The fourth-order valence-corrected chi connectivity index (χ4v) is 4.02. The Kier molecular flexibility index (Phi) is 6.22. The number of carbonyl (C=O) groups excluding carboxylic acids is 1. The van der Waals surface area contributed by atoms with Crippen LogP contribution in [0.4, 0.5) is 5.69 Å². The van der Waals surface area contributed by atoms with E-state index in [1.54, 1.807) is 43.3 Å².